The highest BCUT2D eigenvalue weighted by molar-refractivity contribution is 7.17. The highest BCUT2D eigenvalue weighted by Crippen LogP contribution is 2.24. The number of nitrogens with zero attached hydrogens (tertiary/aromatic N) is 2. The summed E-state index contributed by atoms with van der Waals surface area (Å²) >= 11 is 1.10. The molecule has 0 radical (unpaired) electrons. The number of pyridine rings is 1. The first kappa shape index (κ1) is 11.5. The van der Waals surface area contributed by atoms with E-state index >= 15 is 0 Å². The van der Waals surface area contributed by atoms with Crippen LogP contribution in [0, 0.1) is 13.8 Å². The van der Waals surface area contributed by atoms with E-state index in [9.17, 15) is 4.79 Å². The van der Waals surface area contributed by atoms with Crippen molar-refractivity contribution in [3.63, 3.8) is 0 Å². The number of aryl methyl sites for hydroxylation is 2. The number of aromatic carboxylic acids is 1. The van der Waals surface area contributed by atoms with Gasteiger partial charge in [0.1, 0.15) is 10.7 Å². The number of hydrogen-bond acceptors (Lipinski definition) is 5. The molecule has 0 amide bonds. The van der Waals surface area contributed by atoms with Crippen molar-refractivity contribution in [2.75, 3.05) is 5.32 Å². The molecule has 0 aliphatic carbocycles. The second kappa shape index (κ2) is 4.50. The van der Waals surface area contributed by atoms with E-state index < -0.39 is 5.97 Å². The lowest BCUT2D eigenvalue weighted by molar-refractivity contribution is 0.0701. The molecule has 0 atom stereocenters. The van der Waals surface area contributed by atoms with Gasteiger partial charge in [-0.15, -0.1) is 0 Å². The Balaban J connectivity index is 2.22. The van der Waals surface area contributed by atoms with Crippen LogP contribution in [0.25, 0.3) is 0 Å². The van der Waals surface area contributed by atoms with Crippen molar-refractivity contribution in [3.8, 4) is 0 Å². The van der Waals surface area contributed by atoms with E-state index in [1.54, 1.807) is 13.1 Å². The maximum Gasteiger partial charge on any atom is 0.347 e. The van der Waals surface area contributed by atoms with Gasteiger partial charge in [0.05, 0.1) is 5.69 Å². The number of anilines is 2. The van der Waals surface area contributed by atoms with E-state index in [1.807, 2.05) is 19.1 Å². The molecule has 0 saturated heterocycles. The largest absolute Gasteiger partial charge is 0.477 e. The average molecular weight is 249 g/mol. The Morgan fingerprint density at radius 1 is 1.41 bits per heavy atom. The number of thiazole rings is 1. The lowest BCUT2D eigenvalue weighted by atomic mass is 10.3. The van der Waals surface area contributed by atoms with Crippen LogP contribution in [0.4, 0.5) is 10.9 Å². The first-order valence-electron chi connectivity index (χ1n) is 4.96. The summed E-state index contributed by atoms with van der Waals surface area (Å²) < 4.78 is 0. The molecule has 2 aromatic rings. The highest BCUT2D eigenvalue weighted by Gasteiger charge is 2.13. The van der Waals surface area contributed by atoms with Gasteiger partial charge in [0.2, 0.25) is 0 Å². The van der Waals surface area contributed by atoms with Gasteiger partial charge < -0.3 is 10.4 Å². The van der Waals surface area contributed by atoms with Crippen molar-refractivity contribution in [3.05, 3.63) is 34.5 Å². The normalized spacial score (nSPS) is 10.2. The molecule has 0 aliphatic rings. The number of carboxylic acid groups (broad SMARTS) is 1. The van der Waals surface area contributed by atoms with Crippen LogP contribution in [0.2, 0.25) is 0 Å². The Morgan fingerprint density at radius 3 is 2.71 bits per heavy atom. The summed E-state index contributed by atoms with van der Waals surface area (Å²) in [6.45, 7) is 3.63. The van der Waals surface area contributed by atoms with Crippen LogP contribution in [0.1, 0.15) is 20.9 Å². The van der Waals surface area contributed by atoms with E-state index in [-0.39, 0.29) is 4.88 Å². The Hall–Kier alpha value is -1.95. The van der Waals surface area contributed by atoms with Gasteiger partial charge in [-0.3, -0.25) is 0 Å². The zero-order valence-corrected chi connectivity index (χ0v) is 10.2. The van der Waals surface area contributed by atoms with Gasteiger partial charge in [0.25, 0.3) is 0 Å². The van der Waals surface area contributed by atoms with Crippen LogP contribution in [-0.4, -0.2) is 21.0 Å². The molecule has 2 N–H and O–H groups in total. The van der Waals surface area contributed by atoms with E-state index in [0.29, 0.717) is 16.6 Å². The molecule has 0 aliphatic heterocycles. The van der Waals surface area contributed by atoms with Gasteiger partial charge in [-0.2, -0.15) is 0 Å². The minimum atomic E-state index is -0.954. The van der Waals surface area contributed by atoms with E-state index in [1.165, 1.54) is 0 Å². The van der Waals surface area contributed by atoms with Gasteiger partial charge in [-0.1, -0.05) is 17.4 Å². The van der Waals surface area contributed by atoms with Crippen molar-refractivity contribution in [1.82, 2.24) is 9.97 Å². The fourth-order valence-corrected chi connectivity index (χ4v) is 2.11. The van der Waals surface area contributed by atoms with Crippen LogP contribution in [0.5, 0.6) is 0 Å². The maximum atomic E-state index is 10.9. The highest BCUT2D eigenvalue weighted by atomic mass is 32.1. The third-order valence-corrected chi connectivity index (χ3v) is 3.20. The van der Waals surface area contributed by atoms with Gasteiger partial charge in [-0.05, 0) is 25.5 Å². The molecule has 0 aromatic carbocycles. The minimum Gasteiger partial charge on any atom is -0.477 e. The molecule has 0 spiro atoms. The number of aromatic nitrogens is 2. The number of hydrogen-bond donors (Lipinski definition) is 2. The SMILES string of the molecule is Cc1ccc(Nc2nc(C)c(C(=O)O)s2)nc1. The van der Waals surface area contributed by atoms with Crippen LogP contribution in [0.3, 0.4) is 0 Å². The molecule has 17 heavy (non-hydrogen) atoms. The van der Waals surface area contributed by atoms with Gasteiger partial charge >= 0.3 is 5.97 Å². The van der Waals surface area contributed by atoms with Gasteiger partial charge in [-0.25, -0.2) is 14.8 Å². The van der Waals surface area contributed by atoms with Crippen LogP contribution >= 0.6 is 11.3 Å². The van der Waals surface area contributed by atoms with Crippen molar-refractivity contribution >= 4 is 28.3 Å². The summed E-state index contributed by atoms with van der Waals surface area (Å²) in [7, 11) is 0. The summed E-state index contributed by atoms with van der Waals surface area (Å²) in [5.41, 5.74) is 1.58. The number of carboxylic acids is 1. The Kier molecular flexibility index (Phi) is 3.06. The Labute approximate surface area is 102 Å². The lowest BCUT2D eigenvalue weighted by Crippen LogP contribution is -1.94. The van der Waals surface area contributed by atoms with Gasteiger partial charge in [0.15, 0.2) is 5.13 Å². The van der Waals surface area contributed by atoms with Gasteiger partial charge in [0, 0.05) is 6.20 Å². The summed E-state index contributed by atoms with van der Waals surface area (Å²) in [5.74, 6) is -0.300. The second-order valence-corrected chi connectivity index (χ2v) is 4.58. The fourth-order valence-electron chi connectivity index (χ4n) is 1.30. The zero-order chi connectivity index (χ0) is 12.4. The molecule has 6 heteroatoms. The molecule has 0 unspecified atom stereocenters. The maximum absolute atomic E-state index is 10.9. The standard InChI is InChI=1S/C11H11N3O2S/c1-6-3-4-8(12-5-6)14-11-13-7(2)9(17-11)10(15)16/h3-5H,1-2H3,(H,15,16)(H,12,13,14). The predicted octanol–water partition coefficient (Wildman–Crippen LogP) is 2.60. The molecular formula is C11H11N3O2S. The fraction of sp³-hybridized carbons (Fsp3) is 0.182. The summed E-state index contributed by atoms with van der Waals surface area (Å²) in [6.07, 6.45) is 1.74. The molecular weight excluding hydrogens is 238 g/mol. The van der Waals surface area contributed by atoms with Crippen LogP contribution < -0.4 is 5.32 Å². The third kappa shape index (κ3) is 2.59. The summed E-state index contributed by atoms with van der Waals surface area (Å²) in [5, 5.41) is 12.4. The summed E-state index contributed by atoms with van der Waals surface area (Å²) in [6, 6.07) is 3.75. The quantitative estimate of drug-likeness (QED) is 0.874. The van der Waals surface area contributed by atoms with E-state index in [0.717, 1.165) is 16.9 Å². The first-order valence-corrected chi connectivity index (χ1v) is 5.78. The van der Waals surface area contributed by atoms with Crippen molar-refractivity contribution < 1.29 is 9.90 Å². The predicted molar refractivity (Wildman–Crippen MR) is 66.1 cm³/mol. The molecule has 88 valence electrons. The number of nitrogens with one attached hydrogen (secondary N) is 1. The lowest BCUT2D eigenvalue weighted by Gasteiger charge is -2.00. The molecule has 2 heterocycles. The average Bonchev–Trinajstić information content (AvgIpc) is 2.63. The molecule has 5 nitrogen and oxygen atoms in total. The first-order chi connectivity index (χ1) is 8.06. The molecule has 2 rings (SSSR count). The molecule has 0 fully saturated rings. The van der Waals surface area contributed by atoms with Crippen molar-refractivity contribution in [2.45, 2.75) is 13.8 Å². The Morgan fingerprint density at radius 2 is 2.18 bits per heavy atom. The Bertz CT molecular complexity index is 548. The monoisotopic (exact) mass is 249 g/mol. The van der Waals surface area contributed by atoms with Crippen molar-refractivity contribution in [1.29, 1.82) is 0 Å². The minimum absolute atomic E-state index is 0.250. The smallest absolute Gasteiger partial charge is 0.347 e. The van der Waals surface area contributed by atoms with E-state index in [4.69, 9.17) is 5.11 Å². The number of carbonyl (C=O) groups is 1. The second-order valence-electron chi connectivity index (χ2n) is 3.58. The molecule has 2 aromatic heterocycles. The van der Waals surface area contributed by atoms with E-state index in [2.05, 4.69) is 15.3 Å². The van der Waals surface area contributed by atoms with Crippen LogP contribution in [0.15, 0.2) is 18.3 Å². The van der Waals surface area contributed by atoms with Crippen molar-refractivity contribution in [2.24, 2.45) is 0 Å². The van der Waals surface area contributed by atoms with Crippen LogP contribution in [-0.2, 0) is 0 Å². The molecule has 0 saturated carbocycles. The number of rotatable bonds is 3. The molecule has 0 bridgehead atoms. The zero-order valence-electron chi connectivity index (χ0n) is 9.39. The summed E-state index contributed by atoms with van der Waals surface area (Å²) in [4.78, 5) is 19.4. The third-order valence-electron chi connectivity index (χ3n) is 2.14. The topological polar surface area (TPSA) is 75.1 Å².